The highest BCUT2D eigenvalue weighted by molar-refractivity contribution is 5.96. The Morgan fingerprint density at radius 2 is 1.97 bits per heavy atom. The van der Waals surface area contributed by atoms with Gasteiger partial charge in [-0.05, 0) is 12.1 Å². The van der Waals surface area contributed by atoms with Gasteiger partial charge in [0.1, 0.15) is 18.7 Å². The molecule has 148 valence electrons. The van der Waals surface area contributed by atoms with Gasteiger partial charge in [-0.25, -0.2) is 14.8 Å². The largest absolute Gasteiger partial charge is 0.470 e. The van der Waals surface area contributed by atoms with E-state index in [0.29, 0.717) is 32.6 Å². The monoisotopic (exact) mass is 392 g/mol. The predicted octanol–water partition coefficient (Wildman–Crippen LogP) is 1.27. The minimum Gasteiger partial charge on any atom is -0.470 e. The number of nitriles is 1. The molecule has 2 saturated heterocycles. The van der Waals surface area contributed by atoms with Crippen LogP contribution in [0.4, 0.5) is 10.5 Å². The molecule has 1 aromatic heterocycles. The lowest BCUT2D eigenvalue weighted by atomic mass is 10.3. The van der Waals surface area contributed by atoms with Crippen LogP contribution in [0.3, 0.4) is 0 Å². The summed E-state index contributed by atoms with van der Waals surface area (Å²) in [7, 11) is 0. The number of anilines is 1. The maximum Gasteiger partial charge on any atom is 0.325 e. The number of carbonyl (C=O) groups is 2. The number of rotatable bonds is 5. The summed E-state index contributed by atoms with van der Waals surface area (Å²) in [5.41, 5.74) is 0.959. The summed E-state index contributed by atoms with van der Waals surface area (Å²) < 4.78 is 5.76. The summed E-state index contributed by atoms with van der Waals surface area (Å²) in [6.07, 6.45) is 3.28. The lowest BCUT2D eigenvalue weighted by Gasteiger charge is -2.22. The van der Waals surface area contributed by atoms with Crippen molar-refractivity contribution >= 4 is 17.6 Å². The van der Waals surface area contributed by atoms with Crippen molar-refractivity contribution in [1.29, 1.82) is 5.26 Å². The quantitative estimate of drug-likeness (QED) is 0.759. The highest BCUT2D eigenvalue weighted by Crippen LogP contribution is 2.21. The first-order chi connectivity index (χ1) is 14.2. The Kier molecular flexibility index (Phi) is 5.24. The zero-order valence-electron chi connectivity index (χ0n) is 15.8. The Balaban J connectivity index is 1.32. The van der Waals surface area contributed by atoms with Crippen molar-refractivity contribution in [1.82, 2.24) is 19.8 Å². The van der Waals surface area contributed by atoms with Crippen LogP contribution in [0.5, 0.6) is 5.88 Å². The molecule has 9 heteroatoms. The number of benzene rings is 1. The minimum absolute atomic E-state index is 0.0451. The molecule has 29 heavy (non-hydrogen) atoms. The topological polar surface area (TPSA) is 103 Å². The molecule has 2 aliphatic heterocycles. The van der Waals surface area contributed by atoms with E-state index in [-0.39, 0.29) is 36.2 Å². The van der Waals surface area contributed by atoms with Crippen molar-refractivity contribution in [2.45, 2.75) is 12.5 Å². The first-order valence-corrected chi connectivity index (χ1v) is 9.42. The van der Waals surface area contributed by atoms with E-state index in [1.54, 1.807) is 14.7 Å². The number of hydrogen-bond acceptors (Lipinski definition) is 6. The second-order valence-corrected chi connectivity index (χ2v) is 6.88. The van der Waals surface area contributed by atoms with Gasteiger partial charge in [-0.2, -0.15) is 5.26 Å². The maximum atomic E-state index is 12.7. The maximum absolute atomic E-state index is 12.7. The molecular weight excluding hydrogens is 372 g/mol. The van der Waals surface area contributed by atoms with Gasteiger partial charge in [0, 0.05) is 44.1 Å². The second kappa shape index (κ2) is 8.14. The van der Waals surface area contributed by atoms with E-state index in [9.17, 15) is 9.59 Å². The predicted molar refractivity (Wildman–Crippen MR) is 103 cm³/mol. The smallest absolute Gasteiger partial charge is 0.325 e. The van der Waals surface area contributed by atoms with Gasteiger partial charge < -0.3 is 14.5 Å². The van der Waals surface area contributed by atoms with Crippen molar-refractivity contribution in [2.75, 3.05) is 37.6 Å². The first-order valence-electron chi connectivity index (χ1n) is 9.42. The zero-order chi connectivity index (χ0) is 20.2. The summed E-state index contributed by atoms with van der Waals surface area (Å²) in [4.78, 5) is 38.2. The van der Waals surface area contributed by atoms with E-state index in [0.717, 1.165) is 5.69 Å². The van der Waals surface area contributed by atoms with Gasteiger partial charge in [0.15, 0.2) is 0 Å². The fraction of sp³-hybridized carbons (Fsp3) is 0.350. The number of nitrogens with zero attached hydrogens (tertiary/aromatic N) is 6. The highest BCUT2D eigenvalue weighted by atomic mass is 16.5. The van der Waals surface area contributed by atoms with E-state index in [1.165, 1.54) is 12.4 Å². The summed E-state index contributed by atoms with van der Waals surface area (Å²) in [5.74, 6) is 0.0709. The van der Waals surface area contributed by atoms with Crippen LogP contribution in [0.1, 0.15) is 12.1 Å². The van der Waals surface area contributed by atoms with Crippen LogP contribution < -0.4 is 9.64 Å². The number of urea groups is 1. The number of carbonyl (C=O) groups excluding carboxylic acids is 2. The van der Waals surface area contributed by atoms with Crippen LogP contribution in [-0.2, 0) is 4.79 Å². The van der Waals surface area contributed by atoms with Crippen LogP contribution in [0, 0.1) is 11.3 Å². The minimum atomic E-state index is -0.252. The molecule has 0 N–H and O–H groups in total. The van der Waals surface area contributed by atoms with Crippen molar-refractivity contribution in [3.63, 3.8) is 0 Å². The fourth-order valence-corrected chi connectivity index (χ4v) is 3.54. The van der Waals surface area contributed by atoms with E-state index in [1.807, 2.05) is 36.4 Å². The number of hydrogen-bond donors (Lipinski definition) is 0. The lowest BCUT2D eigenvalue weighted by molar-refractivity contribution is -0.130. The molecule has 3 heterocycles. The molecule has 0 bridgehead atoms. The van der Waals surface area contributed by atoms with E-state index in [2.05, 4.69) is 9.97 Å². The Morgan fingerprint density at radius 1 is 1.17 bits per heavy atom. The van der Waals surface area contributed by atoms with Gasteiger partial charge in [0.05, 0.1) is 6.54 Å². The average molecular weight is 392 g/mol. The van der Waals surface area contributed by atoms with Gasteiger partial charge >= 0.3 is 6.03 Å². The number of aromatic nitrogens is 2. The molecular formula is C20H20N6O3. The molecule has 4 rings (SSSR count). The molecule has 2 fully saturated rings. The van der Waals surface area contributed by atoms with Gasteiger partial charge in [-0.15, -0.1) is 0 Å². The SMILES string of the molecule is N#Cc1nccnc1O[C@H]1CCN(C(=O)CN2CCN(c3ccccc3)C2=O)C1. The Labute approximate surface area is 168 Å². The van der Waals surface area contributed by atoms with Gasteiger partial charge in [0.2, 0.25) is 11.6 Å². The van der Waals surface area contributed by atoms with E-state index >= 15 is 0 Å². The normalized spacial score (nSPS) is 18.8. The molecule has 9 nitrogen and oxygen atoms in total. The molecule has 3 amide bonds. The number of para-hydroxylation sites is 1. The Hall–Kier alpha value is -3.67. The third-order valence-electron chi connectivity index (χ3n) is 5.04. The molecule has 2 aliphatic rings. The third kappa shape index (κ3) is 3.96. The molecule has 0 saturated carbocycles. The Morgan fingerprint density at radius 3 is 2.76 bits per heavy atom. The molecule has 0 spiro atoms. The summed E-state index contributed by atoms with van der Waals surface area (Å²) >= 11 is 0. The van der Waals surface area contributed by atoms with Crippen molar-refractivity contribution in [3.05, 3.63) is 48.4 Å². The standard InChI is InChI=1S/C20H20N6O3/c21-12-17-19(23-8-7-22-17)29-16-6-9-24(13-16)18(27)14-25-10-11-26(20(25)28)15-4-2-1-3-5-15/h1-5,7-8,16H,6,9-11,13-14H2/t16-/m0/s1. The van der Waals surface area contributed by atoms with Crippen LogP contribution >= 0.6 is 0 Å². The average Bonchev–Trinajstić information content (AvgIpc) is 3.36. The van der Waals surface area contributed by atoms with E-state index < -0.39 is 0 Å². The van der Waals surface area contributed by atoms with Crippen LogP contribution in [0.25, 0.3) is 0 Å². The zero-order valence-corrected chi connectivity index (χ0v) is 15.8. The number of amides is 3. The van der Waals surface area contributed by atoms with Gasteiger partial charge in [-0.1, -0.05) is 18.2 Å². The summed E-state index contributed by atoms with van der Waals surface area (Å²) in [6.45, 7) is 2.05. The molecule has 1 aromatic carbocycles. The Bertz CT molecular complexity index is 945. The fourth-order valence-electron chi connectivity index (χ4n) is 3.54. The summed E-state index contributed by atoms with van der Waals surface area (Å²) in [5, 5.41) is 9.08. The molecule has 0 aliphatic carbocycles. The molecule has 1 atom stereocenters. The van der Waals surface area contributed by atoms with Crippen LogP contribution in [-0.4, -0.2) is 70.5 Å². The van der Waals surface area contributed by atoms with Crippen molar-refractivity contribution in [3.8, 4) is 11.9 Å². The third-order valence-corrected chi connectivity index (χ3v) is 5.04. The molecule has 0 unspecified atom stereocenters. The first kappa shape index (κ1) is 18.7. The van der Waals surface area contributed by atoms with Crippen LogP contribution in [0.2, 0.25) is 0 Å². The van der Waals surface area contributed by atoms with Gasteiger partial charge in [0.25, 0.3) is 5.88 Å². The second-order valence-electron chi connectivity index (χ2n) is 6.88. The van der Waals surface area contributed by atoms with E-state index in [4.69, 9.17) is 10.00 Å². The highest BCUT2D eigenvalue weighted by Gasteiger charge is 2.34. The molecule has 0 radical (unpaired) electrons. The van der Waals surface area contributed by atoms with Gasteiger partial charge in [-0.3, -0.25) is 9.69 Å². The molecule has 2 aromatic rings. The van der Waals surface area contributed by atoms with Crippen LogP contribution in [0.15, 0.2) is 42.7 Å². The van der Waals surface area contributed by atoms with Crippen molar-refractivity contribution < 1.29 is 14.3 Å². The number of ether oxygens (including phenoxy) is 1. The lowest BCUT2D eigenvalue weighted by Crippen LogP contribution is -2.42. The number of likely N-dealkylation sites (tertiary alicyclic amines) is 1. The summed E-state index contributed by atoms with van der Waals surface area (Å²) in [6, 6.07) is 11.2. The van der Waals surface area contributed by atoms with Crippen molar-refractivity contribution in [2.24, 2.45) is 0 Å².